The van der Waals surface area contributed by atoms with Crippen LogP contribution in [0.2, 0.25) is 0 Å². The molecule has 5 nitrogen and oxygen atoms in total. The monoisotopic (exact) mass is 384 g/mol. The smallest absolute Gasteiger partial charge is 0.387 e. The van der Waals surface area contributed by atoms with E-state index in [1.165, 1.54) is 12.1 Å². The molecular weight excluding hydrogens is 361 g/mol. The Morgan fingerprint density at radius 3 is 2.37 bits per heavy atom. The molecule has 1 atom stereocenters. The maximum absolute atomic E-state index is 12.9. The number of carbonyl (C=O) groups excluding carboxylic acids is 2. The third-order valence-electron chi connectivity index (χ3n) is 5.41. The number of rotatable bonds is 3. The molecule has 1 aliphatic carbocycles. The van der Waals surface area contributed by atoms with Crippen LogP contribution in [0.3, 0.4) is 0 Å². The van der Waals surface area contributed by atoms with Gasteiger partial charge in [-0.15, -0.1) is 0 Å². The van der Waals surface area contributed by atoms with Gasteiger partial charge in [-0.25, -0.2) is 4.79 Å². The van der Waals surface area contributed by atoms with E-state index in [4.69, 9.17) is 0 Å². The second-order valence-corrected chi connectivity index (χ2v) is 7.33. The molecule has 1 saturated carbocycles. The number of carbonyl (C=O) groups is 2. The number of aliphatic hydroxyl groups excluding tert-OH is 1. The van der Waals surface area contributed by atoms with E-state index in [-0.39, 0.29) is 18.0 Å². The summed E-state index contributed by atoms with van der Waals surface area (Å²) in [6.45, 7) is -0.367. The highest BCUT2D eigenvalue weighted by Gasteiger charge is 2.50. The van der Waals surface area contributed by atoms with E-state index in [0.29, 0.717) is 12.8 Å². The number of halogens is 3. The lowest BCUT2D eigenvalue weighted by Gasteiger charge is -2.28. The zero-order chi connectivity index (χ0) is 19.7. The highest BCUT2D eigenvalue weighted by Crippen LogP contribution is 2.34. The van der Waals surface area contributed by atoms with Crippen molar-refractivity contribution >= 4 is 11.9 Å². The molecular formula is C19H23F3N2O3. The van der Waals surface area contributed by atoms with E-state index < -0.39 is 29.4 Å². The summed E-state index contributed by atoms with van der Waals surface area (Å²) >= 11 is 0. The molecule has 27 heavy (non-hydrogen) atoms. The molecule has 2 N–H and O–H groups in total. The van der Waals surface area contributed by atoms with Gasteiger partial charge in [-0.05, 0) is 30.5 Å². The summed E-state index contributed by atoms with van der Waals surface area (Å²) in [6.07, 6.45) is -0.0515. The number of urea groups is 1. The summed E-state index contributed by atoms with van der Waals surface area (Å²) < 4.78 is 38.6. The standard InChI is InChI=1S/C19H23F3N2O3/c20-19(21,22)14-8-6-7-13(11-14)15(25)12-24-16(26)18(23-17(24)27)9-4-2-1-3-5-10-18/h6-8,11,15,25H,1-5,9-10,12H2,(H,23,27). The Bertz CT molecular complexity index is 712. The molecule has 0 aromatic heterocycles. The average Bonchev–Trinajstić information content (AvgIpc) is 2.82. The van der Waals surface area contributed by atoms with Crippen LogP contribution in [0.5, 0.6) is 0 Å². The largest absolute Gasteiger partial charge is 0.416 e. The van der Waals surface area contributed by atoms with E-state index in [2.05, 4.69) is 5.32 Å². The molecule has 148 valence electrons. The summed E-state index contributed by atoms with van der Waals surface area (Å²) in [4.78, 5) is 26.2. The highest BCUT2D eigenvalue weighted by molar-refractivity contribution is 6.07. The van der Waals surface area contributed by atoms with Crippen LogP contribution in [0.15, 0.2) is 24.3 Å². The first-order valence-electron chi connectivity index (χ1n) is 9.22. The quantitative estimate of drug-likeness (QED) is 0.780. The highest BCUT2D eigenvalue weighted by atomic mass is 19.4. The lowest BCUT2D eigenvalue weighted by Crippen LogP contribution is -2.47. The molecule has 2 fully saturated rings. The number of amides is 3. The number of aliphatic hydroxyl groups is 1. The van der Waals surface area contributed by atoms with Gasteiger partial charge in [0.25, 0.3) is 5.91 Å². The Labute approximate surface area is 155 Å². The van der Waals surface area contributed by atoms with Gasteiger partial charge < -0.3 is 10.4 Å². The van der Waals surface area contributed by atoms with Gasteiger partial charge in [0.05, 0.1) is 18.2 Å². The molecule has 1 aromatic rings. The SMILES string of the molecule is O=C1NC2(CCCCCCC2)C(=O)N1CC(O)c1cccc(C(F)(F)F)c1. The van der Waals surface area contributed by atoms with Crippen molar-refractivity contribution in [3.63, 3.8) is 0 Å². The van der Waals surface area contributed by atoms with Crippen LogP contribution >= 0.6 is 0 Å². The molecule has 2 aliphatic rings. The fraction of sp³-hybridized carbons (Fsp3) is 0.579. The minimum Gasteiger partial charge on any atom is -0.387 e. The first-order chi connectivity index (χ1) is 12.7. The van der Waals surface area contributed by atoms with E-state index in [1.54, 1.807) is 0 Å². The number of hydrogen-bond donors (Lipinski definition) is 2. The molecule has 1 unspecified atom stereocenters. The first kappa shape index (κ1) is 19.7. The fourth-order valence-corrected chi connectivity index (χ4v) is 3.89. The van der Waals surface area contributed by atoms with Crippen molar-refractivity contribution in [2.75, 3.05) is 6.54 Å². The molecule has 0 radical (unpaired) electrons. The predicted molar refractivity (Wildman–Crippen MR) is 91.7 cm³/mol. The molecule has 1 spiro atoms. The Morgan fingerprint density at radius 2 is 1.74 bits per heavy atom. The first-order valence-corrected chi connectivity index (χ1v) is 9.22. The van der Waals surface area contributed by atoms with Crippen LogP contribution in [-0.4, -0.2) is 34.0 Å². The maximum Gasteiger partial charge on any atom is 0.416 e. The third-order valence-corrected chi connectivity index (χ3v) is 5.41. The summed E-state index contributed by atoms with van der Waals surface area (Å²) in [7, 11) is 0. The second-order valence-electron chi connectivity index (χ2n) is 7.33. The van der Waals surface area contributed by atoms with Crippen molar-refractivity contribution in [3.8, 4) is 0 Å². The zero-order valence-electron chi connectivity index (χ0n) is 14.9. The van der Waals surface area contributed by atoms with Gasteiger partial charge >= 0.3 is 12.2 Å². The van der Waals surface area contributed by atoms with Crippen LogP contribution in [-0.2, 0) is 11.0 Å². The Morgan fingerprint density at radius 1 is 1.11 bits per heavy atom. The molecule has 1 aromatic carbocycles. The molecule has 1 saturated heterocycles. The Balaban J connectivity index is 1.75. The van der Waals surface area contributed by atoms with Gasteiger partial charge in [0.1, 0.15) is 5.54 Å². The molecule has 1 aliphatic heterocycles. The van der Waals surface area contributed by atoms with E-state index >= 15 is 0 Å². The van der Waals surface area contributed by atoms with Crippen LogP contribution in [0, 0.1) is 0 Å². The predicted octanol–water partition coefficient (Wildman–Crippen LogP) is 3.77. The molecule has 0 bridgehead atoms. The van der Waals surface area contributed by atoms with Crippen LogP contribution in [0.1, 0.15) is 62.2 Å². The second kappa shape index (κ2) is 7.50. The number of imide groups is 1. The lowest BCUT2D eigenvalue weighted by molar-refractivity contribution is -0.138. The van der Waals surface area contributed by atoms with Gasteiger partial charge in [0, 0.05) is 0 Å². The molecule has 3 rings (SSSR count). The van der Waals surface area contributed by atoms with Crippen molar-refractivity contribution in [2.45, 2.75) is 62.8 Å². The number of nitrogens with one attached hydrogen (secondary N) is 1. The lowest BCUT2D eigenvalue weighted by atomic mass is 9.84. The van der Waals surface area contributed by atoms with Crippen molar-refractivity contribution in [2.24, 2.45) is 0 Å². The van der Waals surface area contributed by atoms with Gasteiger partial charge in [0.2, 0.25) is 0 Å². The van der Waals surface area contributed by atoms with Gasteiger partial charge in [-0.1, -0.05) is 44.2 Å². The Kier molecular flexibility index (Phi) is 5.46. The summed E-state index contributed by atoms with van der Waals surface area (Å²) in [5.74, 6) is -0.388. The van der Waals surface area contributed by atoms with E-state index in [0.717, 1.165) is 49.1 Å². The number of nitrogens with zero attached hydrogens (tertiary/aromatic N) is 1. The van der Waals surface area contributed by atoms with Crippen LogP contribution in [0.25, 0.3) is 0 Å². The zero-order valence-corrected chi connectivity index (χ0v) is 14.9. The Hall–Kier alpha value is -2.09. The van der Waals surface area contributed by atoms with Crippen molar-refractivity contribution in [3.05, 3.63) is 35.4 Å². The number of hydrogen-bond acceptors (Lipinski definition) is 3. The minimum absolute atomic E-state index is 0.0176. The summed E-state index contributed by atoms with van der Waals surface area (Å²) in [6, 6.07) is 3.71. The maximum atomic E-state index is 12.9. The minimum atomic E-state index is -4.53. The molecule has 3 amide bonds. The average molecular weight is 384 g/mol. The van der Waals surface area contributed by atoms with Gasteiger partial charge in [-0.2, -0.15) is 13.2 Å². The number of alkyl halides is 3. The topological polar surface area (TPSA) is 69.6 Å². The van der Waals surface area contributed by atoms with Crippen molar-refractivity contribution in [1.82, 2.24) is 10.2 Å². The van der Waals surface area contributed by atoms with Crippen molar-refractivity contribution in [1.29, 1.82) is 0 Å². The van der Waals surface area contributed by atoms with Crippen LogP contribution < -0.4 is 5.32 Å². The number of β-amino-alcohol motifs (C(OH)–C–C–N with tert-alkyl or cyclic N) is 1. The van der Waals surface area contributed by atoms with E-state index in [1.807, 2.05) is 0 Å². The molecule has 1 heterocycles. The summed E-state index contributed by atoms with van der Waals surface area (Å²) in [5, 5.41) is 13.1. The van der Waals surface area contributed by atoms with Gasteiger partial charge in [-0.3, -0.25) is 9.69 Å². The van der Waals surface area contributed by atoms with Crippen molar-refractivity contribution < 1.29 is 27.9 Å². The normalized spacial score (nSPS) is 21.7. The van der Waals surface area contributed by atoms with E-state index in [9.17, 15) is 27.9 Å². The third kappa shape index (κ3) is 4.10. The fourth-order valence-electron chi connectivity index (χ4n) is 3.89. The summed E-state index contributed by atoms with van der Waals surface area (Å²) in [5.41, 5.74) is -1.80. The van der Waals surface area contributed by atoms with Crippen LogP contribution in [0.4, 0.5) is 18.0 Å². The molecule has 8 heteroatoms. The number of benzene rings is 1. The van der Waals surface area contributed by atoms with Gasteiger partial charge in [0.15, 0.2) is 0 Å².